The number of halogens is 2. The third-order valence-electron chi connectivity index (χ3n) is 3.07. The number of benzene rings is 2. The van der Waals surface area contributed by atoms with Gasteiger partial charge in [0, 0.05) is 5.02 Å². The lowest BCUT2D eigenvalue weighted by Gasteiger charge is -2.15. The Morgan fingerprint density at radius 2 is 1.70 bits per heavy atom. The molecule has 0 spiro atoms. The van der Waals surface area contributed by atoms with E-state index in [1.807, 2.05) is 0 Å². The first-order chi connectivity index (χ1) is 10.8. The van der Waals surface area contributed by atoms with Gasteiger partial charge in [0.2, 0.25) is 10.0 Å². The van der Waals surface area contributed by atoms with E-state index >= 15 is 0 Å². The summed E-state index contributed by atoms with van der Waals surface area (Å²) >= 11 is 11.6. The molecule has 8 heteroatoms. The minimum atomic E-state index is -4.05. The van der Waals surface area contributed by atoms with Crippen LogP contribution in [0.1, 0.15) is 5.56 Å². The van der Waals surface area contributed by atoms with E-state index in [1.165, 1.54) is 18.2 Å². The molecule has 1 unspecified atom stereocenters. The van der Waals surface area contributed by atoms with Crippen LogP contribution in [0.15, 0.2) is 53.4 Å². The van der Waals surface area contributed by atoms with Gasteiger partial charge in [0.15, 0.2) is 0 Å². The number of nitrogens with one attached hydrogen (secondary N) is 1. The molecule has 0 aromatic heterocycles. The zero-order chi connectivity index (χ0) is 17.0. The van der Waals surface area contributed by atoms with Gasteiger partial charge < -0.3 is 5.11 Å². The molecule has 23 heavy (non-hydrogen) atoms. The van der Waals surface area contributed by atoms with Crippen LogP contribution < -0.4 is 4.72 Å². The van der Waals surface area contributed by atoms with Crippen LogP contribution in [0, 0.1) is 0 Å². The molecule has 0 saturated heterocycles. The molecule has 2 rings (SSSR count). The van der Waals surface area contributed by atoms with Crippen LogP contribution in [0.3, 0.4) is 0 Å². The highest BCUT2D eigenvalue weighted by atomic mass is 35.5. The fourth-order valence-corrected chi connectivity index (χ4v) is 3.78. The zero-order valence-corrected chi connectivity index (χ0v) is 14.1. The predicted molar refractivity (Wildman–Crippen MR) is 88.4 cm³/mol. The van der Waals surface area contributed by atoms with Crippen LogP contribution in [-0.4, -0.2) is 25.5 Å². The number of sulfonamides is 1. The Morgan fingerprint density at radius 3 is 2.26 bits per heavy atom. The summed E-state index contributed by atoms with van der Waals surface area (Å²) in [6.45, 7) is 0. The second kappa shape index (κ2) is 7.31. The van der Waals surface area contributed by atoms with Crippen molar-refractivity contribution in [3.8, 4) is 0 Å². The lowest BCUT2D eigenvalue weighted by molar-refractivity contribution is -0.138. The van der Waals surface area contributed by atoms with E-state index in [9.17, 15) is 18.3 Å². The van der Waals surface area contributed by atoms with Crippen LogP contribution in [0.25, 0.3) is 0 Å². The summed E-state index contributed by atoms with van der Waals surface area (Å²) < 4.78 is 26.8. The molecule has 5 nitrogen and oxygen atoms in total. The fraction of sp³-hybridized carbons (Fsp3) is 0.133. The predicted octanol–water partition coefficient (Wildman–Crippen LogP) is 2.97. The summed E-state index contributed by atoms with van der Waals surface area (Å²) in [4.78, 5) is 11.2. The Labute approximate surface area is 143 Å². The summed E-state index contributed by atoms with van der Waals surface area (Å²) in [5, 5.41) is 9.82. The topological polar surface area (TPSA) is 83.5 Å². The first-order valence-corrected chi connectivity index (χ1v) is 8.77. The largest absolute Gasteiger partial charge is 0.480 e. The van der Waals surface area contributed by atoms with E-state index in [4.69, 9.17) is 23.2 Å². The highest BCUT2D eigenvalue weighted by Crippen LogP contribution is 2.21. The molecule has 0 aliphatic carbocycles. The van der Waals surface area contributed by atoms with Crippen molar-refractivity contribution in [1.29, 1.82) is 0 Å². The number of aliphatic carboxylic acids is 1. The number of rotatable bonds is 6. The van der Waals surface area contributed by atoms with E-state index in [2.05, 4.69) is 4.72 Å². The molecule has 0 aliphatic heterocycles. The highest BCUT2D eigenvalue weighted by Gasteiger charge is 2.27. The SMILES string of the molecule is O=C(O)C(Cc1ccc(Cl)cc1)NS(=O)(=O)c1ccccc1Cl. The van der Waals surface area contributed by atoms with Crippen molar-refractivity contribution >= 4 is 39.2 Å². The number of hydrogen-bond donors (Lipinski definition) is 2. The number of carbonyl (C=O) groups is 1. The molecule has 0 radical (unpaired) electrons. The molecule has 1 atom stereocenters. The Hall–Kier alpha value is -1.60. The average molecular weight is 374 g/mol. The standard InChI is InChI=1S/C15H13Cl2NO4S/c16-11-7-5-10(6-8-11)9-13(15(19)20)18-23(21,22)14-4-2-1-3-12(14)17/h1-8,13,18H,9H2,(H,19,20). The number of carboxylic acid groups (broad SMARTS) is 1. The van der Waals surface area contributed by atoms with E-state index in [1.54, 1.807) is 30.3 Å². The highest BCUT2D eigenvalue weighted by molar-refractivity contribution is 7.89. The molecule has 2 aromatic rings. The maximum atomic E-state index is 12.3. The normalized spacial score (nSPS) is 12.8. The quantitative estimate of drug-likeness (QED) is 0.814. The van der Waals surface area contributed by atoms with Gasteiger partial charge in [-0.3, -0.25) is 4.79 Å². The van der Waals surface area contributed by atoms with Crippen molar-refractivity contribution in [2.24, 2.45) is 0 Å². The monoisotopic (exact) mass is 373 g/mol. The van der Waals surface area contributed by atoms with Gasteiger partial charge in [-0.15, -0.1) is 0 Å². The molecule has 2 N–H and O–H groups in total. The zero-order valence-electron chi connectivity index (χ0n) is 11.7. The molecule has 0 bridgehead atoms. The Balaban J connectivity index is 2.24. The van der Waals surface area contributed by atoms with Crippen LogP contribution in [0.4, 0.5) is 0 Å². The number of hydrogen-bond acceptors (Lipinski definition) is 3. The lowest BCUT2D eigenvalue weighted by Crippen LogP contribution is -2.42. The minimum Gasteiger partial charge on any atom is -0.480 e. The second-order valence-electron chi connectivity index (χ2n) is 4.77. The lowest BCUT2D eigenvalue weighted by atomic mass is 10.1. The molecule has 0 saturated carbocycles. The smallest absolute Gasteiger partial charge is 0.322 e. The maximum Gasteiger partial charge on any atom is 0.322 e. The molecule has 122 valence electrons. The van der Waals surface area contributed by atoms with Crippen molar-refractivity contribution in [1.82, 2.24) is 4.72 Å². The Morgan fingerprint density at radius 1 is 1.09 bits per heavy atom. The van der Waals surface area contributed by atoms with Gasteiger partial charge in [-0.1, -0.05) is 47.5 Å². The maximum absolute atomic E-state index is 12.3. The van der Waals surface area contributed by atoms with E-state index in [-0.39, 0.29) is 16.3 Å². The van der Waals surface area contributed by atoms with Crippen molar-refractivity contribution in [2.75, 3.05) is 0 Å². The van der Waals surface area contributed by atoms with Crippen molar-refractivity contribution in [3.05, 3.63) is 64.1 Å². The summed E-state index contributed by atoms with van der Waals surface area (Å²) in [5.41, 5.74) is 0.642. The van der Waals surface area contributed by atoms with Crippen LogP contribution in [0.2, 0.25) is 10.0 Å². The van der Waals surface area contributed by atoms with E-state index in [0.29, 0.717) is 10.6 Å². The van der Waals surface area contributed by atoms with Crippen LogP contribution in [0.5, 0.6) is 0 Å². The van der Waals surface area contributed by atoms with Crippen LogP contribution in [-0.2, 0) is 21.2 Å². The van der Waals surface area contributed by atoms with Crippen LogP contribution >= 0.6 is 23.2 Å². The molecule has 0 heterocycles. The fourth-order valence-electron chi connectivity index (χ4n) is 1.95. The summed E-state index contributed by atoms with van der Waals surface area (Å²) in [6.07, 6.45) is -0.0177. The Bertz CT molecular complexity index is 806. The van der Waals surface area contributed by atoms with Gasteiger partial charge in [0.05, 0.1) is 5.02 Å². The third-order valence-corrected chi connectivity index (χ3v) is 5.30. The second-order valence-corrected chi connectivity index (χ2v) is 7.30. The molecule has 2 aromatic carbocycles. The average Bonchev–Trinajstić information content (AvgIpc) is 2.48. The van der Waals surface area contributed by atoms with Gasteiger partial charge in [0.25, 0.3) is 0 Å². The number of carboxylic acids is 1. The van der Waals surface area contributed by atoms with Crippen molar-refractivity contribution in [3.63, 3.8) is 0 Å². The molecular weight excluding hydrogens is 361 g/mol. The Kier molecular flexibility index (Phi) is 5.64. The summed E-state index contributed by atoms with van der Waals surface area (Å²) in [5.74, 6) is -1.28. The minimum absolute atomic E-state index is 0.0177. The molecule has 0 amide bonds. The summed E-state index contributed by atoms with van der Waals surface area (Å²) in [6, 6.07) is 11.0. The van der Waals surface area contributed by atoms with Gasteiger partial charge in [0.1, 0.15) is 10.9 Å². The van der Waals surface area contributed by atoms with Gasteiger partial charge in [-0.05, 0) is 36.2 Å². The molecular formula is C15H13Cl2NO4S. The first kappa shape index (κ1) is 17.7. The first-order valence-electron chi connectivity index (χ1n) is 6.54. The van der Waals surface area contributed by atoms with Crippen molar-refractivity contribution in [2.45, 2.75) is 17.4 Å². The third kappa shape index (κ3) is 4.68. The van der Waals surface area contributed by atoms with E-state index < -0.39 is 22.0 Å². The van der Waals surface area contributed by atoms with Gasteiger partial charge in [-0.25, -0.2) is 8.42 Å². The summed E-state index contributed by atoms with van der Waals surface area (Å²) in [7, 11) is -4.05. The van der Waals surface area contributed by atoms with Gasteiger partial charge in [-0.2, -0.15) is 4.72 Å². The molecule has 0 aliphatic rings. The van der Waals surface area contributed by atoms with Gasteiger partial charge >= 0.3 is 5.97 Å². The molecule has 0 fully saturated rings. The van der Waals surface area contributed by atoms with Crippen molar-refractivity contribution < 1.29 is 18.3 Å². The van der Waals surface area contributed by atoms with E-state index in [0.717, 1.165) is 0 Å².